The highest BCUT2D eigenvalue weighted by Crippen LogP contribution is 2.17. The maximum Gasteiger partial charge on any atom is 0.237 e. The number of hydrogen-bond acceptors (Lipinski definition) is 3. The summed E-state index contributed by atoms with van der Waals surface area (Å²) in [6, 6.07) is 0. The number of hydrogen-bond donors (Lipinski definition) is 2. The number of rotatable bonds is 2. The van der Waals surface area contributed by atoms with E-state index in [9.17, 15) is 4.79 Å². The molecule has 0 aromatic carbocycles. The van der Waals surface area contributed by atoms with Crippen LogP contribution < -0.4 is 10.6 Å². The highest BCUT2D eigenvalue weighted by molar-refractivity contribution is 8.02. The minimum Gasteiger partial charge on any atom is -0.360 e. The highest BCUT2D eigenvalue weighted by atomic mass is 35.5. The molecule has 0 radical (unpaired) electrons. The van der Waals surface area contributed by atoms with E-state index in [1.54, 1.807) is 0 Å². The van der Waals surface area contributed by atoms with Gasteiger partial charge in [0.2, 0.25) is 5.91 Å². The summed E-state index contributed by atoms with van der Waals surface area (Å²) < 4.78 is 0. The molecule has 1 aliphatic heterocycles. The molecule has 1 unspecified atom stereocenters. The third kappa shape index (κ3) is 2.63. The number of thioether (sulfide) groups is 1. The van der Waals surface area contributed by atoms with Crippen molar-refractivity contribution in [1.29, 1.82) is 0 Å². The number of allylic oxidation sites excluding steroid dienone is 1. The Morgan fingerprint density at radius 1 is 2.00 bits per heavy atom. The summed E-state index contributed by atoms with van der Waals surface area (Å²) in [6.07, 6.45) is 0. The molecular formula is C6H9ClN2OS. The van der Waals surface area contributed by atoms with E-state index in [0.717, 1.165) is 5.70 Å². The predicted octanol–water partition coefficient (Wildman–Crippen LogP) is 0.823. The molecule has 5 heteroatoms. The Morgan fingerprint density at radius 2 is 2.73 bits per heavy atom. The summed E-state index contributed by atoms with van der Waals surface area (Å²) in [7, 11) is 0. The lowest BCUT2D eigenvalue weighted by molar-refractivity contribution is -0.118. The van der Waals surface area contributed by atoms with Gasteiger partial charge in [-0.15, -0.1) is 11.6 Å². The molecule has 62 valence electrons. The second-order valence-corrected chi connectivity index (χ2v) is 3.41. The Labute approximate surface area is 74.6 Å². The van der Waals surface area contributed by atoms with Gasteiger partial charge in [0.15, 0.2) is 5.50 Å². The summed E-state index contributed by atoms with van der Waals surface area (Å²) in [6.45, 7) is 1.94. The molecule has 0 aliphatic carbocycles. The quantitative estimate of drug-likeness (QED) is 0.637. The highest BCUT2D eigenvalue weighted by Gasteiger charge is 2.14. The first-order valence-corrected chi connectivity index (χ1v) is 4.64. The standard InChI is InChI=1S/C6H9ClN2OS/c1-4-3-11-6(8-4)9-5(10)2-7/h3,6,8H,2H2,1H3,(H,9,10). The van der Waals surface area contributed by atoms with Crippen LogP contribution >= 0.6 is 23.4 Å². The fraction of sp³-hybridized carbons (Fsp3) is 0.500. The lowest BCUT2D eigenvalue weighted by Gasteiger charge is -2.11. The van der Waals surface area contributed by atoms with Crippen molar-refractivity contribution in [2.45, 2.75) is 12.4 Å². The number of amides is 1. The van der Waals surface area contributed by atoms with Gasteiger partial charge in [0, 0.05) is 5.70 Å². The molecule has 1 rings (SSSR count). The Bertz CT molecular complexity index is 195. The van der Waals surface area contributed by atoms with Crippen molar-refractivity contribution < 1.29 is 4.79 Å². The zero-order chi connectivity index (χ0) is 8.27. The second-order valence-electron chi connectivity index (χ2n) is 2.16. The maximum absolute atomic E-state index is 10.8. The van der Waals surface area contributed by atoms with Crippen molar-refractivity contribution in [3.8, 4) is 0 Å². The van der Waals surface area contributed by atoms with Crippen molar-refractivity contribution in [2.75, 3.05) is 5.88 Å². The van der Waals surface area contributed by atoms with E-state index in [2.05, 4.69) is 10.6 Å². The SMILES string of the molecule is CC1=CSC(NC(=O)CCl)N1. The average Bonchev–Trinajstić information content (AvgIpc) is 2.35. The Kier molecular flexibility index (Phi) is 3.08. The van der Waals surface area contributed by atoms with E-state index in [-0.39, 0.29) is 17.3 Å². The first-order chi connectivity index (χ1) is 5.22. The lowest BCUT2D eigenvalue weighted by Crippen LogP contribution is -2.40. The molecule has 0 spiro atoms. The van der Waals surface area contributed by atoms with Crippen molar-refractivity contribution in [3.05, 3.63) is 11.1 Å². The van der Waals surface area contributed by atoms with E-state index in [1.165, 1.54) is 11.8 Å². The van der Waals surface area contributed by atoms with Crippen LogP contribution in [0.2, 0.25) is 0 Å². The van der Waals surface area contributed by atoms with Gasteiger partial charge in [-0.25, -0.2) is 0 Å². The van der Waals surface area contributed by atoms with E-state index in [4.69, 9.17) is 11.6 Å². The molecule has 0 saturated heterocycles. The van der Waals surface area contributed by atoms with Gasteiger partial charge in [-0.3, -0.25) is 4.79 Å². The number of carbonyl (C=O) groups excluding carboxylic acids is 1. The number of carbonyl (C=O) groups is 1. The Balaban J connectivity index is 2.26. The van der Waals surface area contributed by atoms with Crippen molar-refractivity contribution in [3.63, 3.8) is 0 Å². The summed E-state index contributed by atoms with van der Waals surface area (Å²) in [5.74, 6) is -0.141. The molecule has 0 bridgehead atoms. The summed E-state index contributed by atoms with van der Waals surface area (Å²) in [5, 5.41) is 7.70. The third-order valence-corrected chi connectivity index (χ3v) is 2.39. The molecule has 0 aromatic heterocycles. The molecule has 1 aliphatic rings. The molecule has 1 heterocycles. The molecule has 1 atom stereocenters. The topological polar surface area (TPSA) is 41.1 Å². The molecule has 0 fully saturated rings. The van der Waals surface area contributed by atoms with Crippen LogP contribution in [-0.4, -0.2) is 17.3 Å². The lowest BCUT2D eigenvalue weighted by atomic mass is 10.6. The minimum atomic E-state index is -0.153. The monoisotopic (exact) mass is 192 g/mol. The van der Waals surface area contributed by atoms with Crippen LogP contribution in [0.3, 0.4) is 0 Å². The Morgan fingerprint density at radius 3 is 3.18 bits per heavy atom. The van der Waals surface area contributed by atoms with E-state index < -0.39 is 0 Å². The fourth-order valence-corrected chi connectivity index (χ4v) is 1.64. The zero-order valence-corrected chi connectivity index (χ0v) is 7.63. The number of alkyl halides is 1. The Hall–Kier alpha value is -0.350. The summed E-state index contributed by atoms with van der Waals surface area (Å²) >= 11 is 6.83. The maximum atomic E-state index is 10.8. The third-order valence-electron chi connectivity index (χ3n) is 1.15. The van der Waals surface area contributed by atoms with Gasteiger partial charge in [0.25, 0.3) is 0 Å². The van der Waals surface area contributed by atoms with E-state index >= 15 is 0 Å². The first kappa shape index (κ1) is 8.74. The molecule has 0 saturated carbocycles. The number of halogens is 1. The van der Waals surface area contributed by atoms with Crippen molar-refractivity contribution in [1.82, 2.24) is 10.6 Å². The van der Waals surface area contributed by atoms with Gasteiger partial charge in [-0.05, 0) is 12.3 Å². The van der Waals surface area contributed by atoms with Gasteiger partial charge in [-0.1, -0.05) is 11.8 Å². The first-order valence-electron chi connectivity index (χ1n) is 3.16. The van der Waals surface area contributed by atoms with Crippen LogP contribution in [0.5, 0.6) is 0 Å². The van der Waals surface area contributed by atoms with Crippen molar-refractivity contribution >= 4 is 29.3 Å². The van der Waals surface area contributed by atoms with Gasteiger partial charge in [0.05, 0.1) is 0 Å². The molecule has 0 aromatic rings. The van der Waals surface area contributed by atoms with Crippen LogP contribution in [0.15, 0.2) is 11.1 Å². The van der Waals surface area contributed by atoms with Crippen LogP contribution in [0.4, 0.5) is 0 Å². The van der Waals surface area contributed by atoms with E-state index in [1.807, 2.05) is 12.3 Å². The van der Waals surface area contributed by atoms with E-state index in [0.29, 0.717) is 0 Å². The van der Waals surface area contributed by atoms with Crippen molar-refractivity contribution in [2.24, 2.45) is 0 Å². The minimum absolute atomic E-state index is 0.0117. The molecule has 11 heavy (non-hydrogen) atoms. The predicted molar refractivity (Wildman–Crippen MR) is 47.1 cm³/mol. The van der Waals surface area contributed by atoms with Crippen LogP contribution in [0, 0.1) is 0 Å². The van der Waals surface area contributed by atoms with Gasteiger partial charge < -0.3 is 10.6 Å². The van der Waals surface area contributed by atoms with Crippen LogP contribution in [0.25, 0.3) is 0 Å². The van der Waals surface area contributed by atoms with Crippen LogP contribution in [0.1, 0.15) is 6.92 Å². The van der Waals surface area contributed by atoms with Gasteiger partial charge in [0.1, 0.15) is 5.88 Å². The fourth-order valence-electron chi connectivity index (χ4n) is 0.700. The molecule has 3 nitrogen and oxygen atoms in total. The van der Waals surface area contributed by atoms with Gasteiger partial charge >= 0.3 is 0 Å². The second kappa shape index (κ2) is 3.88. The smallest absolute Gasteiger partial charge is 0.237 e. The summed E-state index contributed by atoms with van der Waals surface area (Å²) in [5.41, 5.74) is 1.02. The van der Waals surface area contributed by atoms with Crippen LogP contribution in [-0.2, 0) is 4.79 Å². The van der Waals surface area contributed by atoms with Gasteiger partial charge in [-0.2, -0.15) is 0 Å². The number of nitrogens with one attached hydrogen (secondary N) is 2. The molecule has 1 amide bonds. The molecule has 2 N–H and O–H groups in total. The average molecular weight is 193 g/mol. The largest absolute Gasteiger partial charge is 0.360 e. The zero-order valence-electron chi connectivity index (χ0n) is 6.06. The normalized spacial score (nSPS) is 22.4. The summed E-state index contributed by atoms with van der Waals surface area (Å²) in [4.78, 5) is 10.8. The molecular weight excluding hydrogens is 184 g/mol.